The van der Waals surface area contributed by atoms with Gasteiger partial charge in [-0.15, -0.1) is 0 Å². The van der Waals surface area contributed by atoms with Crippen molar-refractivity contribution in [2.75, 3.05) is 26.4 Å². The van der Waals surface area contributed by atoms with Crippen LogP contribution in [0, 0.1) is 13.8 Å². The first-order valence-electron chi connectivity index (χ1n) is 18.6. The summed E-state index contributed by atoms with van der Waals surface area (Å²) >= 11 is 0. The fourth-order valence-corrected chi connectivity index (χ4v) is 7.41. The van der Waals surface area contributed by atoms with Gasteiger partial charge in [-0.3, -0.25) is 9.59 Å². The molecule has 0 fully saturated rings. The minimum Gasteiger partial charge on any atom is -0.466 e. The van der Waals surface area contributed by atoms with Crippen molar-refractivity contribution in [1.29, 1.82) is 0 Å². The third-order valence-electron chi connectivity index (χ3n) is 10.0. The molecule has 2 N–H and O–H groups in total. The van der Waals surface area contributed by atoms with E-state index in [4.69, 9.17) is 28.9 Å². The van der Waals surface area contributed by atoms with Crippen molar-refractivity contribution < 1.29 is 28.5 Å². The topological polar surface area (TPSA) is 128 Å². The van der Waals surface area contributed by atoms with Crippen LogP contribution in [0.2, 0.25) is 0 Å². The summed E-state index contributed by atoms with van der Waals surface area (Å²) in [6.45, 7) is 22.0. The van der Waals surface area contributed by atoms with Crippen molar-refractivity contribution in [3.05, 3.63) is 69.3 Å². The summed E-state index contributed by atoms with van der Waals surface area (Å²) in [7, 11) is 0. The van der Waals surface area contributed by atoms with Gasteiger partial charge in [0.05, 0.1) is 48.2 Å². The zero-order chi connectivity index (χ0) is 37.7. The summed E-state index contributed by atoms with van der Waals surface area (Å²) in [6.07, 6.45) is 1.06. The lowest BCUT2D eigenvalue weighted by Crippen LogP contribution is -2.04. The maximum absolute atomic E-state index is 12.6. The molecule has 0 aliphatic carbocycles. The number of hydrogen-bond donors (Lipinski definition) is 2. The van der Waals surface area contributed by atoms with Crippen LogP contribution in [0.3, 0.4) is 0 Å². The molecule has 2 atom stereocenters. The quantitative estimate of drug-likeness (QED) is 0.158. The highest BCUT2D eigenvalue weighted by atomic mass is 16.5. The molecule has 8 bridgehead atoms. The van der Waals surface area contributed by atoms with E-state index in [-0.39, 0.29) is 37.0 Å². The van der Waals surface area contributed by atoms with Gasteiger partial charge in [0.2, 0.25) is 0 Å². The Bertz CT molecular complexity index is 2070. The smallest absolute Gasteiger partial charge is 0.306 e. The molecule has 10 nitrogen and oxygen atoms in total. The zero-order valence-corrected chi connectivity index (χ0v) is 32.5. The predicted octanol–water partition coefficient (Wildman–Crippen LogP) is 9.67. The van der Waals surface area contributed by atoms with E-state index in [1.807, 2.05) is 40.7 Å². The lowest BCUT2D eigenvalue weighted by molar-refractivity contribution is -0.143. The Morgan fingerprint density at radius 2 is 0.981 bits per heavy atom. The van der Waals surface area contributed by atoms with Crippen LogP contribution in [0.25, 0.3) is 44.4 Å². The van der Waals surface area contributed by atoms with E-state index >= 15 is 0 Å². The summed E-state index contributed by atoms with van der Waals surface area (Å²) in [5.41, 5.74) is 15.0. The SMILES string of the molecule is CCOC(=O)CCC1=C(C)c2cc3[nH]c(cc4[nH]c(cc5nc(cc1n2)C(CCC(=O)OCC)=C5C)c(C(C)OCC)c4C)c(C(C)OCC)c3C. The first-order valence-corrected chi connectivity index (χ1v) is 18.6. The Morgan fingerprint density at radius 3 is 1.40 bits per heavy atom. The molecule has 2 unspecified atom stereocenters. The molecule has 2 aliphatic rings. The fourth-order valence-electron chi connectivity index (χ4n) is 7.41. The lowest BCUT2D eigenvalue weighted by Gasteiger charge is -2.12. The first kappa shape index (κ1) is 38.7. The number of rotatable bonds is 14. The van der Waals surface area contributed by atoms with Gasteiger partial charge in [0.15, 0.2) is 0 Å². The molecule has 0 saturated heterocycles. The second-order valence-electron chi connectivity index (χ2n) is 13.3. The average molecular weight is 711 g/mol. The highest BCUT2D eigenvalue weighted by Crippen LogP contribution is 2.39. The second-order valence-corrected chi connectivity index (χ2v) is 13.3. The van der Waals surface area contributed by atoms with Gasteiger partial charge < -0.3 is 28.9 Å². The van der Waals surface area contributed by atoms with Crippen LogP contribution in [-0.4, -0.2) is 58.3 Å². The van der Waals surface area contributed by atoms with Gasteiger partial charge in [-0.1, -0.05) is 0 Å². The number of carbonyl (C=O) groups excluding carboxylic acids is 2. The molecule has 3 aromatic heterocycles. The van der Waals surface area contributed by atoms with Crippen LogP contribution in [0.4, 0.5) is 0 Å². The molecule has 10 heteroatoms. The fraction of sp³-hybridized carbons (Fsp3) is 0.476. The van der Waals surface area contributed by atoms with E-state index in [0.717, 1.165) is 89.4 Å². The van der Waals surface area contributed by atoms with Gasteiger partial charge in [-0.2, -0.15) is 0 Å². The maximum Gasteiger partial charge on any atom is 0.306 e. The van der Waals surface area contributed by atoms with Gasteiger partial charge in [0.25, 0.3) is 0 Å². The van der Waals surface area contributed by atoms with Crippen molar-refractivity contribution in [3.63, 3.8) is 0 Å². The van der Waals surface area contributed by atoms with Gasteiger partial charge in [-0.05, 0) is 140 Å². The van der Waals surface area contributed by atoms with Crippen LogP contribution in [-0.2, 0) is 28.5 Å². The molecule has 0 aromatic carbocycles. The second kappa shape index (κ2) is 16.9. The number of nitrogens with zero attached hydrogens (tertiary/aromatic N) is 2. The molecule has 3 aromatic rings. The predicted molar refractivity (Wildman–Crippen MR) is 207 cm³/mol. The van der Waals surface area contributed by atoms with Crippen molar-refractivity contribution in [3.8, 4) is 0 Å². The maximum atomic E-state index is 12.6. The molecule has 5 rings (SSSR count). The van der Waals surface area contributed by atoms with E-state index in [9.17, 15) is 9.59 Å². The van der Waals surface area contributed by atoms with Gasteiger partial charge in [-0.25, -0.2) is 9.97 Å². The number of carbonyl (C=O) groups is 2. The van der Waals surface area contributed by atoms with E-state index in [0.29, 0.717) is 39.3 Å². The average Bonchev–Trinajstić information content (AvgIpc) is 3.76. The van der Waals surface area contributed by atoms with Gasteiger partial charge in [0, 0.05) is 59.2 Å². The van der Waals surface area contributed by atoms with Crippen LogP contribution < -0.4 is 0 Å². The molecular formula is C42H54N4O6. The van der Waals surface area contributed by atoms with Gasteiger partial charge in [0.1, 0.15) is 0 Å². The third kappa shape index (κ3) is 8.08. The number of aromatic nitrogens is 4. The van der Waals surface area contributed by atoms with Crippen molar-refractivity contribution in [1.82, 2.24) is 19.9 Å². The Balaban J connectivity index is 1.89. The number of nitrogens with one attached hydrogen (secondary N) is 2. The van der Waals surface area contributed by atoms with Crippen molar-refractivity contribution in [2.24, 2.45) is 0 Å². The summed E-state index contributed by atoms with van der Waals surface area (Å²) < 4.78 is 22.9. The minimum absolute atomic E-state index is 0.153. The number of allylic oxidation sites excluding steroid dienone is 4. The molecule has 0 spiro atoms. The molecule has 278 valence electrons. The Labute approximate surface area is 307 Å². The van der Waals surface area contributed by atoms with Crippen LogP contribution >= 0.6 is 0 Å². The third-order valence-corrected chi connectivity index (χ3v) is 10.0. The van der Waals surface area contributed by atoms with E-state index in [1.165, 1.54) is 0 Å². The standard InChI is InChI=1S/C42H54N4O6/c1-11-49-27(9)41-25(7)33-19-31-23(5)29(15-17-39(47)51-13-3)35(43-31)22-36-30(16-18-40(48)52-14-4)24(6)32(44-36)20-37-42(28(10)50-12-2)26(8)34(46-37)21-38(41)45-33/h19-22,27-28,45-46H,11-18H2,1-10H3. The Hall–Kier alpha value is -4.54. The largest absolute Gasteiger partial charge is 0.466 e. The number of fused-ring (bicyclic) bond motifs is 8. The monoisotopic (exact) mass is 710 g/mol. The van der Waals surface area contributed by atoms with Crippen LogP contribution in [0.15, 0.2) is 24.3 Å². The molecule has 2 aliphatic heterocycles. The number of ether oxygens (including phenoxy) is 4. The Kier molecular flexibility index (Phi) is 12.5. The summed E-state index contributed by atoms with van der Waals surface area (Å²) in [5, 5.41) is 0. The van der Waals surface area contributed by atoms with E-state index in [2.05, 4.69) is 62.8 Å². The van der Waals surface area contributed by atoms with E-state index < -0.39 is 0 Å². The number of aryl methyl sites for hydroxylation is 2. The summed E-state index contributed by atoms with van der Waals surface area (Å²) in [4.78, 5) is 42.9. The molecule has 5 heterocycles. The lowest BCUT2D eigenvalue weighted by atomic mass is 9.98. The van der Waals surface area contributed by atoms with Crippen molar-refractivity contribution >= 4 is 56.3 Å². The van der Waals surface area contributed by atoms with Crippen LogP contribution in [0.1, 0.15) is 138 Å². The summed E-state index contributed by atoms with van der Waals surface area (Å²) in [6, 6.07) is 8.33. The summed E-state index contributed by atoms with van der Waals surface area (Å²) in [5.74, 6) is -0.501. The van der Waals surface area contributed by atoms with Crippen molar-refractivity contribution in [2.45, 2.75) is 107 Å². The molecule has 0 amide bonds. The Morgan fingerprint density at radius 1 is 0.577 bits per heavy atom. The molecular weight excluding hydrogens is 656 g/mol. The first-order chi connectivity index (χ1) is 24.9. The normalized spacial score (nSPS) is 14.2. The zero-order valence-electron chi connectivity index (χ0n) is 32.5. The minimum atomic E-state index is -0.251. The number of H-pyrrole nitrogens is 2. The van der Waals surface area contributed by atoms with Crippen LogP contribution in [0.5, 0.6) is 0 Å². The van der Waals surface area contributed by atoms with Gasteiger partial charge >= 0.3 is 11.9 Å². The number of hydrogen-bond acceptors (Lipinski definition) is 8. The highest BCUT2D eigenvalue weighted by Gasteiger charge is 2.24. The number of esters is 2. The molecule has 0 saturated carbocycles. The van der Waals surface area contributed by atoms with E-state index in [1.54, 1.807) is 0 Å². The molecule has 52 heavy (non-hydrogen) atoms. The number of aromatic amines is 2. The molecule has 0 radical (unpaired) electrons. The highest BCUT2D eigenvalue weighted by molar-refractivity contribution is 5.96.